The predicted octanol–water partition coefficient (Wildman–Crippen LogP) is 13.1. The molecule has 1 aliphatic carbocycles. The first-order valence-corrected chi connectivity index (χ1v) is 19.4. The van der Waals surface area contributed by atoms with E-state index in [1.54, 1.807) is 0 Å². The summed E-state index contributed by atoms with van der Waals surface area (Å²) >= 11 is 0. The minimum atomic E-state index is -0.598. The van der Waals surface area contributed by atoms with Gasteiger partial charge < -0.3 is 13.6 Å². The summed E-state index contributed by atoms with van der Waals surface area (Å²) in [6.07, 6.45) is 0. The van der Waals surface area contributed by atoms with Crippen molar-refractivity contribution in [2.24, 2.45) is 0 Å². The lowest BCUT2D eigenvalue weighted by atomic mass is 9.66. The van der Waals surface area contributed by atoms with Crippen LogP contribution in [0.1, 0.15) is 22.3 Å². The SMILES string of the molecule is c1ccc(-c2nc(-c3cccc4c3oc3ccccc34)nc(-c3cccc4c3oc3cc5c(cc34)-c3ccccc3C53c4ccccc4Oc4ccccc43)n2)cc1. The van der Waals surface area contributed by atoms with Crippen LogP contribution in [0.15, 0.2) is 185 Å². The molecule has 270 valence electrons. The Balaban J connectivity index is 1.07. The Bertz CT molecular complexity index is 3460. The van der Waals surface area contributed by atoms with Crippen molar-refractivity contribution in [3.8, 4) is 56.8 Å². The van der Waals surface area contributed by atoms with Crippen molar-refractivity contribution in [3.05, 3.63) is 198 Å². The van der Waals surface area contributed by atoms with Crippen LogP contribution in [0, 0.1) is 0 Å². The van der Waals surface area contributed by atoms with Gasteiger partial charge in [-0.1, -0.05) is 133 Å². The Morgan fingerprint density at radius 2 is 0.879 bits per heavy atom. The summed E-state index contributed by atoms with van der Waals surface area (Å²) in [7, 11) is 0. The third-order valence-corrected chi connectivity index (χ3v) is 12.0. The topological polar surface area (TPSA) is 74.2 Å². The molecular formula is C52H29N3O3. The van der Waals surface area contributed by atoms with E-state index in [4.69, 9.17) is 28.5 Å². The molecule has 13 rings (SSSR count). The Labute approximate surface area is 331 Å². The standard InChI is InChI=1S/C52H29N3O3/c1-2-14-30(15-3-1)49-53-50(35-20-12-18-33-32-17-5-9-25-43(32)57-47(33)35)55-51(54-49)36-21-13-19-34-38-28-37-31-16-4-6-22-39(31)52(42(37)29-46(38)58-48(34)36)40-23-7-10-26-44(40)56-45-27-11-8-24-41(45)52/h1-29H. The van der Waals surface area contributed by atoms with Crippen LogP contribution in [0.5, 0.6) is 11.5 Å². The van der Waals surface area contributed by atoms with Gasteiger partial charge >= 0.3 is 0 Å². The van der Waals surface area contributed by atoms with Gasteiger partial charge in [-0.2, -0.15) is 0 Å². The van der Waals surface area contributed by atoms with E-state index >= 15 is 0 Å². The van der Waals surface area contributed by atoms with Gasteiger partial charge in [0, 0.05) is 38.2 Å². The second kappa shape index (κ2) is 11.6. The summed E-state index contributed by atoms with van der Waals surface area (Å²) in [6, 6.07) is 60.6. The van der Waals surface area contributed by atoms with Crippen molar-refractivity contribution in [2.75, 3.05) is 0 Å². The summed E-state index contributed by atoms with van der Waals surface area (Å²) in [6.45, 7) is 0. The second-order valence-electron chi connectivity index (χ2n) is 15.0. The normalized spacial score (nSPS) is 13.4. The van der Waals surface area contributed by atoms with Crippen LogP contribution >= 0.6 is 0 Å². The van der Waals surface area contributed by atoms with Crippen molar-refractivity contribution in [1.82, 2.24) is 15.0 Å². The highest BCUT2D eigenvalue weighted by molar-refractivity contribution is 6.12. The van der Waals surface area contributed by atoms with Crippen LogP contribution < -0.4 is 4.74 Å². The smallest absolute Gasteiger partial charge is 0.167 e. The molecule has 6 heteroatoms. The van der Waals surface area contributed by atoms with Gasteiger partial charge in [-0.25, -0.2) is 15.0 Å². The lowest BCUT2D eigenvalue weighted by Gasteiger charge is -2.39. The number of para-hydroxylation sites is 5. The Morgan fingerprint density at radius 1 is 0.345 bits per heavy atom. The molecule has 2 aliphatic rings. The van der Waals surface area contributed by atoms with E-state index in [1.807, 2.05) is 78.9 Å². The third-order valence-electron chi connectivity index (χ3n) is 12.0. The fraction of sp³-hybridized carbons (Fsp3) is 0.0192. The maximum Gasteiger partial charge on any atom is 0.167 e. The lowest BCUT2D eigenvalue weighted by Crippen LogP contribution is -2.32. The number of hydrogen-bond acceptors (Lipinski definition) is 6. The first kappa shape index (κ1) is 31.4. The maximum atomic E-state index is 7.02. The largest absolute Gasteiger partial charge is 0.457 e. The van der Waals surface area contributed by atoms with E-state index in [-0.39, 0.29) is 0 Å². The van der Waals surface area contributed by atoms with Gasteiger partial charge in [0.05, 0.1) is 16.5 Å². The van der Waals surface area contributed by atoms with Crippen LogP contribution in [-0.2, 0) is 5.41 Å². The molecule has 11 aromatic rings. The fourth-order valence-corrected chi connectivity index (χ4v) is 9.57. The first-order valence-electron chi connectivity index (χ1n) is 19.4. The van der Waals surface area contributed by atoms with Gasteiger partial charge in [-0.3, -0.25) is 0 Å². The molecule has 0 radical (unpaired) electrons. The van der Waals surface area contributed by atoms with E-state index in [1.165, 1.54) is 16.7 Å². The molecule has 0 saturated carbocycles. The number of ether oxygens (including phenoxy) is 1. The summed E-state index contributed by atoms with van der Waals surface area (Å²) in [4.78, 5) is 15.4. The van der Waals surface area contributed by atoms with Crippen molar-refractivity contribution >= 4 is 43.9 Å². The molecule has 0 saturated heterocycles. The number of furan rings is 2. The predicted molar refractivity (Wildman–Crippen MR) is 228 cm³/mol. The van der Waals surface area contributed by atoms with Gasteiger partial charge in [0.2, 0.25) is 0 Å². The number of hydrogen-bond donors (Lipinski definition) is 0. The van der Waals surface area contributed by atoms with Gasteiger partial charge in [0.1, 0.15) is 33.8 Å². The van der Waals surface area contributed by atoms with Crippen LogP contribution in [0.4, 0.5) is 0 Å². The molecule has 1 aliphatic heterocycles. The highest BCUT2D eigenvalue weighted by atomic mass is 16.5. The molecule has 0 unspecified atom stereocenters. The molecule has 0 amide bonds. The van der Waals surface area contributed by atoms with Crippen molar-refractivity contribution in [1.29, 1.82) is 0 Å². The van der Waals surface area contributed by atoms with E-state index in [2.05, 4.69) is 97.1 Å². The zero-order valence-electron chi connectivity index (χ0n) is 30.8. The van der Waals surface area contributed by atoms with Gasteiger partial charge in [0.25, 0.3) is 0 Å². The van der Waals surface area contributed by atoms with Crippen molar-refractivity contribution in [3.63, 3.8) is 0 Å². The summed E-state index contributed by atoms with van der Waals surface area (Å²) < 4.78 is 20.1. The fourth-order valence-electron chi connectivity index (χ4n) is 9.57. The molecule has 1 spiro atoms. The summed E-state index contributed by atoms with van der Waals surface area (Å²) in [5, 5.41) is 4.08. The Kier molecular flexibility index (Phi) is 6.28. The molecule has 58 heavy (non-hydrogen) atoms. The zero-order valence-corrected chi connectivity index (χ0v) is 30.8. The molecule has 0 N–H and O–H groups in total. The monoisotopic (exact) mass is 743 g/mol. The number of rotatable bonds is 3. The van der Waals surface area contributed by atoms with Crippen LogP contribution in [0.3, 0.4) is 0 Å². The number of fused-ring (bicyclic) bond motifs is 15. The third kappa shape index (κ3) is 4.18. The average molecular weight is 744 g/mol. The van der Waals surface area contributed by atoms with E-state index in [0.29, 0.717) is 17.5 Å². The summed E-state index contributed by atoms with van der Waals surface area (Å²) in [5.41, 5.74) is 11.9. The number of nitrogens with zero attached hydrogens (tertiary/aromatic N) is 3. The minimum absolute atomic E-state index is 0.517. The van der Waals surface area contributed by atoms with Gasteiger partial charge in [-0.05, 0) is 64.7 Å². The quantitative estimate of drug-likeness (QED) is 0.179. The molecule has 0 atom stereocenters. The highest BCUT2D eigenvalue weighted by Gasteiger charge is 2.51. The highest BCUT2D eigenvalue weighted by Crippen LogP contribution is 2.62. The molecule has 6 nitrogen and oxygen atoms in total. The minimum Gasteiger partial charge on any atom is -0.457 e. The second-order valence-corrected chi connectivity index (χ2v) is 15.0. The lowest BCUT2D eigenvalue weighted by molar-refractivity contribution is 0.436. The van der Waals surface area contributed by atoms with E-state index < -0.39 is 5.41 Å². The zero-order chi connectivity index (χ0) is 38.0. The average Bonchev–Trinajstić information content (AvgIpc) is 3.94. The van der Waals surface area contributed by atoms with Crippen LogP contribution in [0.25, 0.3) is 89.2 Å². The summed E-state index contributed by atoms with van der Waals surface area (Å²) in [5.74, 6) is 3.32. The number of benzene rings is 8. The maximum absolute atomic E-state index is 7.02. The Hall–Kier alpha value is -7.83. The Morgan fingerprint density at radius 3 is 1.60 bits per heavy atom. The van der Waals surface area contributed by atoms with Crippen molar-refractivity contribution < 1.29 is 13.6 Å². The molecule has 8 aromatic carbocycles. The van der Waals surface area contributed by atoms with Gasteiger partial charge in [-0.15, -0.1) is 0 Å². The molecular weight excluding hydrogens is 715 g/mol. The molecule has 3 aromatic heterocycles. The molecule has 4 heterocycles. The van der Waals surface area contributed by atoms with Crippen LogP contribution in [-0.4, -0.2) is 15.0 Å². The van der Waals surface area contributed by atoms with E-state index in [0.717, 1.165) is 88.8 Å². The van der Waals surface area contributed by atoms with Gasteiger partial charge in [0.15, 0.2) is 17.5 Å². The van der Waals surface area contributed by atoms with E-state index in [9.17, 15) is 0 Å². The van der Waals surface area contributed by atoms with Crippen LogP contribution in [0.2, 0.25) is 0 Å². The first-order chi connectivity index (χ1) is 28.7. The molecule has 0 fully saturated rings. The molecule has 0 bridgehead atoms. The van der Waals surface area contributed by atoms with Crippen molar-refractivity contribution in [2.45, 2.75) is 5.41 Å². The number of aromatic nitrogens is 3.